The Balaban J connectivity index is 2.55. The van der Waals surface area contributed by atoms with Crippen LogP contribution in [0.2, 0.25) is 0 Å². The Hall–Kier alpha value is -1.39. The lowest BCUT2D eigenvalue weighted by Crippen LogP contribution is -1.96. The van der Waals surface area contributed by atoms with Crippen LogP contribution >= 0.6 is 0 Å². The van der Waals surface area contributed by atoms with Crippen molar-refractivity contribution in [2.24, 2.45) is 5.90 Å². The van der Waals surface area contributed by atoms with Crippen molar-refractivity contribution < 1.29 is 13.6 Å². The number of hydrogen-bond donors (Lipinski definition) is 1. The number of furan rings is 1. The van der Waals surface area contributed by atoms with Gasteiger partial charge in [-0.05, 0) is 18.2 Å². The van der Waals surface area contributed by atoms with Crippen LogP contribution in [0.4, 0.5) is 4.39 Å². The zero-order valence-electron chi connectivity index (χ0n) is 6.79. The second-order valence-electron chi connectivity index (χ2n) is 2.68. The van der Waals surface area contributed by atoms with Gasteiger partial charge in [0, 0.05) is 0 Å². The normalized spacial score (nSPS) is 10.9. The molecule has 4 heteroatoms. The Bertz CT molecular complexity index is 424. The zero-order valence-corrected chi connectivity index (χ0v) is 6.79. The van der Waals surface area contributed by atoms with Crippen molar-refractivity contribution in [3.63, 3.8) is 0 Å². The van der Waals surface area contributed by atoms with E-state index in [1.807, 2.05) is 0 Å². The molecule has 0 aliphatic heterocycles. The van der Waals surface area contributed by atoms with Crippen molar-refractivity contribution in [1.82, 2.24) is 0 Å². The van der Waals surface area contributed by atoms with E-state index in [1.165, 1.54) is 6.07 Å². The summed E-state index contributed by atoms with van der Waals surface area (Å²) in [6, 6.07) is 6.25. The maximum Gasteiger partial charge on any atom is 0.137 e. The first kappa shape index (κ1) is 8.22. The highest BCUT2D eigenvalue weighted by Crippen LogP contribution is 2.21. The third-order valence-electron chi connectivity index (χ3n) is 1.78. The molecule has 2 N–H and O–H groups in total. The lowest BCUT2D eigenvalue weighted by atomic mass is 10.2. The molecule has 0 aliphatic carbocycles. The molecule has 68 valence electrons. The van der Waals surface area contributed by atoms with Crippen molar-refractivity contribution in [3.05, 3.63) is 35.8 Å². The fraction of sp³-hybridized carbons (Fsp3) is 0.111. The Morgan fingerprint density at radius 1 is 1.46 bits per heavy atom. The number of rotatable bonds is 2. The summed E-state index contributed by atoms with van der Waals surface area (Å²) in [5.74, 6) is 5.08. The molecule has 1 heterocycles. The first-order valence-electron chi connectivity index (χ1n) is 3.80. The van der Waals surface area contributed by atoms with Crippen LogP contribution in [0.25, 0.3) is 11.0 Å². The van der Waals surface area contributed by atoms with Crippen molar-refractivity contribution in [1.29, 1.82) is 0 Å². The molecule has 0 bridgehead atoms. The molecule has 0 radical (unpaired) electrons. The fourth-order valence-electron chi connectivity index (χ4n) is 1.23. The number of halogens is 1. The summed E-state index contributed by atoms with van der Waals surface area (Å²) >= 11 is 0. The van der Waals surface area contributed by atoms with Gasteiger partial charge in [-0.2, -0.15) is 0 Å². The number of nitrogens with two attached hydrogens (primary N) is 1. The van der Waals surface area contributed by atoms with Crippen LogP contribution in [0.1, 0.15) is 5.76 Å². The highest BCUT2D eigenvalue weighted by Gasteiger charge is 2.06. The summed E-state index contributed by atoms with van der Waals surface area (Å²) in [7, 11) is 0. The highest BCUT2D eigenvalue weighted by atomic mass is 19.1. The molecule has 2 rings (SSSR count). The number of hydrogen-bond acceptors (Lipinski definition) is 3. The van der Waals surface area contributed by atoms with E-state index in [2.05, 4.69) is 4.84 Å². The average Bonchev–Trinajstić information content (AvgIpc) is 2.49. The second-order valence-corrected chi connectivity index (χ2v) is 2.68. The number of benzene rings is 1. The van der Waals surface area contributed by atoms with E-state index in [4.69, 9.17) is 10.3 Å². The van der Waals surface area contributed by atoms with Gasteiger partial charge in [0.25, 0.3) is 0 Å². The number of fused-ring (bicyclic) bond motifs is 1. The Morgan fingerprint density at radius 3 is 3.00 bits per heavy atom. The third-order valence-corrected chi connectivity index (χ3v) is 1.78. The summed E-state index contributed by atoms with van der Waals surface area (Å²) in [5.41, 5.74) is 0.507. The van der Waals surface area contributed by atoms with Gasteiger partial charge in [-0.25, -0.2) is 10.3 Å². The maximum absolute atomic E-state index is 13.1. The van der Waals surface area contributed by atoms with Gasteiger partial charge in [-0.1, -0.05) is 6.07 Å². The Morgan fingerprint density at radius 2 is 2.31 bits per heavy atom. The molecule has 1 aromatic carbocycles. The first-order chi connectivity index (χ1) is 6.31. The van der Waals surface area contributed by atoms with Crippen LogP contribution in [0.15, 0.2) is 28.7 Å². The van der Waals surface area contributed by atoms with Crippen LogP contribution in [-0.4, -0.2) is 0 Å². The standard InChI is InChI=1S/C9H8FNO2/c10-8-2-1-3-9-7(8)4-6(13-9)5-12-11/h1-4H,5,11H2. The minimum absolute atomic E-state index is 0.147. The average molecular weight is 181 g/mol. The molecular weight excluding hydrogens is 173 g/mol. The van der Waals surface area contributed by atoms with E-state index >= 15 is 0 Å². The minimum atomic E-state index is -0.301. The molecule has 2 aromatic rings. The van der Waals surface area contributed by atoms with E-state index in [1.54, 1.807) is 18.2 Å². The first-order valence-corrected chi connectivity index (χ1v) is 3.80. The molecule has 0 unspecified atom stereocenters. The zero-order chi connectivity index (χ0) is 9.26. The van der Waals surface area contributed by atoms with Gasteiger partial charge in [0.15, 0.2) is 0 Å². The van der Waals surface area contributed by atoms with Gasteiger partial charge in [-0.3, -0.25) is 4.84 Å². The Kier molecular flexibility index (Phi) is 2.00. The van der Waals surface area contributed by atoms with Gasteiger partial charge in [-0.15, -0.1) is 0 Å². The van der Waals surface area contributed by atoms with E-state index in [9.17, 15) is 4.39 Å². The van der Waals surface area contributed by atoms with Crippen molar-refractivity contribution in [3.8, 4) is 0 Å². The smallest absolute Gasteiger partial charge is 0.137 e. The summed E-state index contributed by atoms with van der Waals surface area (Å²) in [4.78, 5) is 4.38. The molecule has 13 heavy (non-hydrogen) atoms. The third kappa shape index (κ3) is 1.41. The van der Waals surface area contributed by atoms with Crippen LogP contribution in [-0.2, 0) is 11.4 Å². The molecule has 0 spiro atoms. The van der Waals surface area contributed by atoms with E-state index in [-0.39, 0.29) is 12.4 Å². The summed E-state index contributed by atoms with van der Waals surface area (Å²) in [6.45, 7) is 0.147. The molecule has 0 saturated carbocycles. The molecule has 1 aromatic heterocycles. The SMILES string of the molecule is NOCc1cc2c(F)cccc2o1. The van der Waals surface area contributed by atoms with Crippen molar-refractivity contribution >= 4 is 11.0 Å². The van der Waals surface area contributed by atoms with Crippen LogP contribution in [0, 0.1) is 5.82 Å². The van der Waals surface area contributed by atoms with E-state index in [0.717, 1.165) is 0 Å². The van der Waals surface area contributed by atoms with Gasteiger partial charge in [0.1, 0.15) is 23.8 Å². The molecule has 0 aliphatic rings. The molecule has 0 amide bonds. The van der Waals surface area contributed by atoms with Gasteiger partial charge < -0.3 is 4.42 Å². The lowest BCUT2D eigenvalue weighted by molar-refractivity contribution is 0.110. The summed E-state index contributed by atoms with van der Waals surface area (Å²) < 4.78 is 18.4. The van der Waals surface area contributed by atoms with Crippen molar-refractivity contribution in [2.45, 2.75) is 6.61 Å². The van der Waals surface area contributed by atoms with Gasteiger partial charge in [0.05, 0.1) is 5.39 Å². The van der Waals surface area contributed by atoms with Crippen LogP contribution in [0.3, 0.4) is 0 Å². The van der Waals surface area contributed by atoms with E-state index < -0.39 is 0 Å². The van der Waals surface area contributed by atoms with E-state index in [0.29, 0.717) is 16.7 Å². The topological polar surface area (TPSA) is 48.4 Å². The second kappa shape index (κ2) is 3.16. The summed E-state index contributed by atoms with van der Waals surface area (Å²) in [5, 5.41) is 0.453. The quantitative estimate of drug-likeness (QED) is 0.720. The molecule has 0 fully saturated rings. The minimum Gasteiger partial charge on any atom is -0.458 e. The fourth-order valence-corrected chi connectivity index (χ4v) is 1.23. The van der Waals surface area contributed by atoms with Crippen LogP contribution < -0.4 is 5.90 Å². The highest BCUT2D eigenvalue weighted by molar-refractivity contribution is 5.78. The van der Waals surface area contributed by atoms with Crippen LogP contribution in [0.5, 0.6) is 0 Å². The predicted octanol–water partition coefficient (Wildman–Crippen LogP) is 1.96. The molecule has 0 atom stereocenters. The molecule has 3 nitrogen and oxygen atoms in total. The monoisotopic (exact) mass is 181 g/mol. The molecular formula is C9H8FNO2. The Labute approximate surface area is 73.8 Å². The van der Waals surface area contributed by atoms with Gasteiger partial charge in [0.2, 0.25) is 0 Å². The molecule has 0 saturated heterocycles. The van der Waals surface area contributed by atoms with Crippen molar-refractivity contribution in [2.75, 3.05) is 0 Å². The predicted molar refractivity (Wildman–Crippen MR) is 45.1 cm³/mol. The summed E-state index contributed by atoms with van der Waals surface area (Å²) in [6.07, 6.45) is 0. The maximum atomic E-state index is 13.1. The lowest BCUT2D eigenvalue weighted by Gasteiger charge is -1.89. The largest absolute Gasteiger partial charge is 0.458 e. The van der Waals surface area contributed by atoms with Gasteiger partial charge >= 0.3 is 0 Å².